The monoisotopic (exact) mass is 278 g/mol. The summed E-state index contributed by atoms with van der Waals surface area (Å²) in [6.07, 6.45) is 3.40. The number of anilines is 2. The molecule has 0 aliphatic carbocycles. The van der Waals surface area contributed by atoms with Crippen molar-refractivity contribution < 1.29 is 9.53 Å². The van der Waals surface area contributed by atoms with Gasteiger partial charge in [-0.3, -0.25) is 0 Å². The molecule has 0 radical (unpaired) electrons. The highest BCUT2D eigenvalue weighted by molar-refractivity contribution is 5.68. The Morgan fingerprint density at radius 2 is 2.10 bits per heavy atom. The van der Waals surface area contributed by atoms with Crippen molar-refractivity contribution in [3.8, 4) is 0 Å². The van der Waals surface area contributed by atoms with Crippen LogP contribution in [-0.4, -0.2) is 48.8 Å². The molecule has 2 N–H and O–H groups in total. The first kappa shape index (κ1) is 14.4. The summed E-state index contributed by atoms with van der Waals surface area (Å²) in [5.74, 6) is 0.901. The van der Waals surface area contributed by atoms with Gasteiger partial charge in [-0.05, 0) is 18.6 Å². The number of piperazine rings is 1. The van der Waals surface area contributed by atoms with Crippen molar-refractivity contribution in [2.45, 2.75) is 19.8 Å². The first-order valence-electron chi connectivity index (χ1n) is 7.09. The van der Waals surface area contributed by atoms with Crippen LogP contribution >= 0.6 is 0 Å². The number of rotatable bonds is 4. The summed E-state index contributed by atoms with van der Waals surface area (Å²) in [6, 6.07) is 3.75. The van der Waals surface area contributed by atoms with E-state index >= 15 is 0 Å². The van der Waals surface area contributed by atoms with Gasteiger partial charge < -0.3 is 20.3 Å². The van der Waals surface area contributed by atoms with Crippen molar-refractivity contribution in [1.29, 1.82) is 0 Å². The van der Waals surface area contributed by atoms with Crippen LogP contribution in [0, 0.1) is 0 Å². The summed E-state index contributed by atoms with van der Waals surface area (Å²) in [7, 11) is 0. The molecular formula is C14H22N4O2. The fourth-order valence-electron chi connectivity index (χ4n) is 2.10. The van der Waals surface area contributed by atoms with E-state index in [1.807, 2.05) is 12.1 Å². The van der Waals surface area contributed by atoms with Gasteiger partial charge in [0.15, 0.2) is 0 Å². The molecule has 0 bridgehead atoms. The lowest BCUT2D eigenvalue weighted by molar-refractivity contribution is 0.0989. The van der Waals surface area contributed by atoms with E-state index in [2.05, 4.69) is 16.8 Å². The number of nitrogens with zero attached hydrogens (tertiary/aromatic N) is 3. The van der Waals surface area contributed by atoms with E-state index in [-0.39, 0.29) is 6.09 Å². The van der Waals surface area contributed by atoms with Crippen LogP contribution in [0.15, 0.2) is 18.3 Å². The van der Waals surface area contributed by atoms with E-state index in [1.165, 1.54) is 0 Å². The molecule has 6 nitrogen and oxygen atoms in total. The van der Waals surface area contributed by atoms with E-state index < -0.39 is 0 Å². The number of unbranched alkanes of at least 4 members (excludes halogenated alkanes) is 1. The molecule has 0 spiro atoms. The molecule has 2 rings (SSSR count). The Morgan fingerprint density at radius 1 is 1.35 bits per heavy atom. The number of hydrogen-bond donors (Lipinski definition) is 1. The molecule has 1 aromatic rings. The molecule has 20 heavy (non-hydrogen) atoms. The molecule has 2 heterocycles. The maximum Gasteiger partial charge on any atom is 0.409 e. The predicted octanol–water partition coefficient (Wildman–Crippen LogP) is 1.72. The number of ether oxygens (including phenoxy) is 1. The highest BCUT2D eigenvalue weighted by Crippen LogP contribution is 2.15. The molecule has 1 amide bonds. The Kier molecular flexibility index (Phi) is 5.03. The van der Waals surface area contributed by atoms with Gasteiger partial charge in [0.2, 0.25) is 0 Å². The summed E-state index contributed by atoms with van der Waals surface area (Å²) >= 11 is 0. The third-order valence-electron chi connectivity index (χ3n) is 3.36. The van der Waals surface area contributed by atoms with Crippen LogP contribution in [0.5, 0.6) is 0 Å². The molecule has 0 saturated carbocycles. The van der Waals surface area contributed by atoms with E-state index in [4.69, 9.17) is 10.5 Å². The molecule has 1 saturated heterocycles. The Hall–Kier alpha value is -1.98. The molecule has 0 aromatic carbocycles. The number of nitrogen functional groups attached to an aromatic ring is 1. The quantitative estimate of drug-likeness (QED) is 0.849. The van der Waals surface area contributed by atoms with Crippen molar-refractivity contribution >= 4 is 17.6 Å². The molecule has 0 unspecified atom stereocenters. The highest BCUT2D eigenvalue weighted by atomic mass is 16.6. The lowest BCUT2D eigenvalue weighted by Gasteiger charge is -2.34. The van der Waals surface area contributed by atoms with Crippen molar-refractivity contribution in [3.05, 3.63) is 18.3 Å². The number of hydrogen-bond acceptors (Lipinski definition) is 5. The average Bonchev–Trinajstić information content (AvgIpc) is 2.48. The Morgan fingerprint density at radius 3 is 2.70 bits per heavy atom. The molecule has 6 heteroatoms. The average molecular weight is 278 g/mol. The summed E-state index contributed by atoms with van der Waals surface area (Å²) < 4.78 is 5.21. The highest BCUT2D eigenvalue weighted by Gasteiger charge is 2.22. The molecule has 1 aromatic heterocycles. The van der Waals surface area contributed by atoms with E-state index in [1.54, 1.807) is 11.1 Å². The van der Waals surface area contributed by atoms with Crippen LogP contribution in [0.25, 0.3) is 0 Å². The van der Waals surface area contributed by atoms with Crippen molar-refractivity contribution in [2.24, 2.45) is 0 Å². The van der Waals surface area contributed by atoms with Gasteiger partial charge in [-0.25, -0.2) is 9.78 Å². The lowest BCUT2D eigenvalue weighted by atomic mass is 10.3. The van der Waals surface area contributed by atoms with Crippen LogP contribution in [0.4, 0.5) is 16.3 Å². The number of aromatic nitrogens is 1. The normalized spacial score (nSPS) is 15.2. The minimum Gasteiger partial charge on any atom is -0.449 e. The van der Waals surface area contributed by atoms with Gasteiger partial charge in [0, 0.05) is 26.2 Å². The minimum absolute atomic E-state index is 0.205. The van der Waals surface area contributed by atoms with E-state index in [0.717, 1.165) is 31.7 Å². The Bertz CT molecular complexity index is 427. The molecule has 1 aliphatic rings. The smallest absolute Gasteiger partial charge is 0.409 e. The predicted molar refractivity (Wildman–Crippen MR) is 78.7 cm³/mol. The van der Waals surface area contributed by atoms with Gasteiger partial charge >= 0.3 is 6.09 Å². The zero-order valence-corrected chi connectivity index (χ0v) is 11.9. The van der Waals surface area contributed by atoms with Gasteiger partial charge in [-0.15, -0.1) is 0 Å². The zero-order valence-electron chi connectivity index (χ0n) is 11.9. The number of amides is 1. The van der Waals surface area contributed by atoms with Gasteiger partial charge in [-0.1, -0.05) is 13.3 Å². The molecule has 0 atom stereocenters. The maximum absolute atomic E-state index is 11.8. The molecule has 110 valence electrons. The van der Waals surface area contributed by atoms with Crippen molar-refractivity contribution in [3.63, 3.8) is 0 Å². The maximum atomic E-state index is 11.8. The Labute approximate surface area is 119 Å². The molecule has 1 fully saturated rings. The number of carbonyl (C=O) groups excluding carboxylic acids is 1. The topological polar surface area (TPSA) is 71.7 Å². The summed E-state index contributed by atoms with van der Waals surface area (Å²) in [4.78, 5) is 20.0. The van der Waals surface area contributed by atoms with Crippen LogP contribution in [0.3, 0.4) is 0 Å². The summed E-state index contributed by atoms with van der Waals surface area (Å²) in [6.45, 7) is 5.44. The first-order chi connectivity index (χ1) is 9.70. The van der Waals surface area contributed by atoms with E-state index in [0.29, 0.717) is 25.4 Å². The van der Waals surface area contributed by atoms with E-state index in [9.17, 15) is 4.79 Å². The van der Waals surface area contributed by atoms with Crippen molar-refractivity contribution in [1.82, 2.24) is 9.88 Å². The first-order valence-corrected chi connectivity index (χ1v) is 7.09. The van der Waals surface area contributed by atoms with Gasteiger partial charge in [0.1, 0.15) is 5.82 Å². The van der Waals surface area contributed by atoms with Gasteiger partial charge in [0.25, 0.3) is 0 Å². The van der Waals surface area contributed by atoms with Gasteiger partial charge in [0.05, 0.1) is 18.5 Å². The molecular weight excluding hydrogens is 256 g/mol. The Balaban J connectivity index is 1.80. The van der Waals surface area contributed by atoms with Crippen LogP contribution < -0.4 is 10.6 Å². The standard InChI is InChI=1S/C14H22N4O2/c1-2-3-10-20-14(19)18-8-6-17(7-9-18)13-5-4-12(15)11-16-13/h4-5,11H,2-3,6-10,15H2,1H3. The largest absolute Gasteiger partial charge is 0.449 e. The number of nitrogens with two attached hydrogens (primary N) is 1. The SMILES string of the molecule is CCCCOC(=O)N1CCN(c2ccc(N)cn2)CC1. The number of pyridine rings is 1. The lowest BCUT2D eigenvalue weighted by Crippen LogP contribution is -2.49. The fraction of sp³-hybridized carbons (Fsp3) is 0.571. The zero-order chi connectivity index (χ0) is 14.4. The third kappa shape index (κ3) is 3.76. The van der Waals surface area contributed by atoms with Crippen LogP contribution in [0.1, 0.15) is 19.8 Å². The second-order valence-corrected chi connectivity index (χ2v) is 4.89. The van der Waals surface area contributed by atoms with Crippen LogP contribution in [-0.2, 0) is 4.74 Å². The summed E-state index contributed by atoms with van der Waals surface area (Å²) in [5.41, 5.74) is 6.28. The van der Waals surface area contributed by atoms with Crippen LogP contribution in [0.2, 0.25) is 0 Å². The van der Waals surface area contributed by atoms with Crippen molar-refractivity contribution in [2.75, 3.05) is 43.4 Å². The van der Waals surface area contributed by atoms with Gasteiger partial charge in [-0.2, -0.15) is 0 Å². The summed E-state index contributed by atoms with van der Waals surface area (Å²) in [5, 5.41) is 0. The minimum atomic E-state index is -0.205. The third-order valence-corrected chi connectivity index (χ3v) is 3.36. The fourth-order valence-corrected chi connectivity index (χ4v) is 2.10. The second kappa shape index (κ2) is 6.98. The second-order valence-electron chi connectivity index (χ2n) is 4.89. The molecule has 1 aliphatic heterocycles. The number of carbonyl (C=O) groups is 1.